The summed E-state index contributed by atoms with van der Waals surface area (Å²) >= 11 is 0. The lowest BCUT2D eigenvalue weighted by Gasteiger charge is -2.15. The number of carbonyl (C=O) groups is 1. The van der Waals surface area contributed by atoms with Gasteiger partial charge in [-0.15, -0.1) is 0 Å². The molecule has 0 aliphatic carbocycles. The summed E-state index contributed by atoms with van der Waals surface area (Å²) in [7, 11) is 0. The van der Waals surface area contributed by atoms with Gasteiger partial charge in [-0.3, -0.25) is 4.79 Å². The lowest BCUT2D eigenvalue weighted by Crippen LogP contribution is -2.30. The van der Waals surface area contributed by atoms with Crippen LogP contribution in [-0.2, 0) is 11.0 Å². The van der Waals surface area contributed by atoms with E-state index in [9.17, 15) is 18.0 Å². The van der Waals surface area contributed by atoms with Gasteiger partial charge in [0.2, 0.25) is 0 Å². The summed E-state index contributed by atoms with van der Waals surface area (Å²) in [6.07, 6.45) is -5.28. The third-order valence-electron chi connectivity index (χ3n) is 4.36. The summed E-state index contributed by atoms with van der Waals surface area (Å²) < 4.78 is 43.4. The molecule has 0 aliphatic heterocycles. The van der Waals surface area contributed by atoms with E-state index in [0.29, 0.717) is 11.3 Å². The zero-order valence-electron chi connectivity index (χ0n) is 15.9. The number of ether oxygens (including phenoxy) is 1. The molecule has 3 rings (SSSR count). The van der Waals surface area contributed by atoms with Crippen molar-refractivity contribution in [1.82, 2.24) is 0 Å². The summed E-state index contributed by atoms with van der Waals surface area (Å²) in [6.45, 7) is 1.55. The maximum Gasteiger partial charge on any atom is 0.416 e. The average Bonchev–Trinajstić information content (AvgIpc) is 2.74. The van der Waals surface area contributed by atoms with Gasteiger partial charge in [0.25, 0.3) is 5.91 Å². The maximum absolute atomic E-state index is 12.6. The van der Waals surface area contributed by atoms with Gasteiger partial charge in [0.1, 0.15) is 5.75 Å². The molecule has 1 N–H and O–H groups in total. The van der Waals surface area contributed by atoms with Crippen LogP contribution in [0.1, 0.15) is 18.1 Å². The van der Waals surface area contributed by atoms with Crippen LogP contribution in [0.4, 0.5) is 18.9 Å². The van der Waals surface area contributed by atoms with Gasteiger partial charge in [-0.25, -0.2) is 0 Å². The summed E-state index contributed by atoms with van der Waals surface area (Å²) in [5, 5.41) is 11.4. The van der Waals surface area contributed by atoms with E-state index in [2.05, 4.69) is 11.4 Å². The maximum atomic E-state index is 12.6. The third kappa shape index (κ3) is 5.17. The van der Waals surface area contributed by atoms with Crippen molar-refractivity contribution in [3.8, 4) is 22.9 Å². The van der Waals surface area contributed by atoms with Crippen LogP contribution < -0.4 is 10.1 Å². The molecular formula is C23H17F3N2O2. The molecule has 0 bridgehead atoms. The lowest BCUT2D eigenvalue weighted by atomic mass is 10.0. The monoisotopic (exact) mass is 410 g/mol. The van der Waals surface area contributed by atoms with E-state index in [1.54, 1.807) is 31.2 Å². The fourth-order valence-electron chi connectivity index (χ4n) is 2.71. The number of hydrogen-bond acceptors (Lipinski definition) is 3. The number of halogens is 3. The molecule has 0 radical (unpaired) electrons. The Kier molecular flexibility index (Phi) is 6.07. The van der Waals surface area contributed by atoms with Crippen molar-refractivity contribution in [2.24, 2.45) is 0 Å². The number of anilines is 1. The number of amides is 1. The first kappa shape index (κ1) is 20.9. The molecule has 152 valence electrons. The first-order valence-electron chi connectivity index (χ1n) is 9.01. The summed E-state index contributed by atoms with van der Waals surface area (Å²) in [5.74, 6) is -0.00612. The molecule has 7 heteroatoms. The molecule has 30 heavy (non-hydrogen) atoms. The first-order chi connectivity index (χ1) is 14.3. The number of carbonyl (C=O) groups excluding carboxylic acids is 1. The SMILES string of the molecule is C[C@@H](Oc1ccc(-c2ccc(C#N)cc2)cc1)C(=O)Nc1ccc(C(F)(F)F)cc1. The van der Waals surface area contributed by atoms with Crippen molar-refractivity contribution in [2.75, 3.05) is 5.32 Å². The van der Waals surface area contributed by atoms with Crippen molar-refractivity contribution in [3.05, 3.63) is 83.9 Å². The molecule has 0 saturated heterocycles. The van der Waals surface area contributed by atoms with Crippen LogP contribution >= 0.6 is 0 Å². The Hall–Kier alpha value is -3.79. The van der Waals surface area contributed by atoms with Crippen molar-refractivity contribution in [1.29, 1.82) is 5.26 Å². The van der Waals surface area contributed by atoms with Crippen LogP contribution in [0.2, 0.25) is 0 Å². The molecule has 0 saturated carbocycles. The fraction of sp³-hybridized carbons (Fsp3) is 0.130. The van der Waals surface area contributed by atoms with Gasteiger partial charge in [-0.05, 0) is 66.6 Å². The molecule has 3 aromatic rings. The Morgan fingerprint density at radius 2 is 1.47 bits per heavy atom. The second-order valence-corrected chi connectivity index (χ2v) is 6.54. The van der Waals surface area contributed by atoms with Gasteiger partial charge in [0.05, 0.1) is 17.2 Å². The lowest BCUT2D eigenvalue weighted by molar-refractivity contribution is -0.137. The van der Waals surface area contributed by atoms with E-state index in [0.717, 1.165) is 23.3 Å². The van der Waals surface area contributed by atoms with Crippen LogP contribution in [0.5, 0.6) is 5.75 Å². The summed E-state index contributed by atoms with van der Waals surface area (Å²) in [5.41, 5.74) is 1.90. The van der Waals surface area contributed by atoms with Gasteiger partial charge < -0.3 is 10.1 Å². The van der Waals surface area contributed by atoms with E-state index in [1.807, 2.05) is 24.3 Å². The second-order valence-electron chi connectivity index (χ2n) is 6.54. The van der Waals surface area contributed by atoms with Crippen molar-refractivity contribution in [2.45, 2.75) is 19.2 Å². The zero-order valence-corrected chi connectivity index (χ0v) is 15.9. The minimum absolute atomic E-state index is 0.250. The molecule has 0 spiro atoms. The van der Waals surface area contributed by atoms with Gasteiger partial charge in [-0.1, -0.05) is 24.3 Å². The van der Waals surface area contributed by atoms with E-state index in [-0.39, 0.29) is 5.69 Å². The highest BCUT2D eigenvalue weighted by molar-refractivity contribution is 5.94. The van der Waals surface area contributed by atoms with Crippen LogP contribution in [0, 0.1) is 11.3 Å². The Bertz CT molecular complexity index is 1050. The predicted octanol–water partition coefficient (Wildman–Crippen LogP) is 5.65. The minimum atomic E-state index is -4.43. The molecule has 0 heterocycles. The number of nitrogens with zero attached hydrogens (tertiary/aromatic N) is 1. The average molecular weight is 410 g/mol. The highest BCUT2D eigenvalue weighted by Gasteiger charge is 2.30. The molecular weight excluding hydrogens is 393 g/mol. The van der Waals surface area contributed by atoms with E-state index in [1.165, 1.54) is 12.1 Å². The number of rotatable bonds is 5. The van der Waals surface area contributed by atoms with Crippen molar-refractivity contribution < 1.29 is 22.7 Å². The molecule has 1 atom stereocenters. The van der Waals surface area contributed by atoms with Gasteiger partial charge in [0, 0.05) is 5.69 Å². The zero-order chi connectivity index (χ0) is 21.7. The van der Waals surface area contributed by atoms with Crippen LogP contribution in [0.15, 0.2) is 72.8 Å². The number of nitriles is 1. The van der Waals surface area contributed by atoms with E-state index >= 15 is 0 Å². The summed E-state index contributed by atoms with van der Waals surface area (Å²) in [4.78, 5) is 12.3. The topological polar surface area (TPSA) is 62.1 Å². The number of hydrogen-bond donors (Lipinski definition) is 1. The Balaban J connectivity index is 1.60. The third-order valence-corrected chi connectivity index (χ3v) is 4.36. The molecule has 0 aliphatic rings. The quantitative estimate of drug-likeness (QED) is 0.591. The van der Waals surface area contributed by atoms with Gasteiger partial charge >= 0.3 is 6.18 Å². The number of benzene rings is 3. The molecule has 0 unspecified atom stereocenters. The Morgan fingerprint density at radius 3 is 1.97 bits per heavy atom. The number of alkyl halides is 3. The van der Waals surface area contributed by atoms with Crippen LogP contribution in [-0.4, -0.2) is 12.0 Å². The largest absolute Gasteiger partial charge is 0.481 e. The summed E-state index contributed by atoms with van der Waals surface area (Å²) in [6, 6.07) is 20.5. The molecule has 0 aromatic heterocycles. The van der Waals surface area contributed by atoms with Crippen molar-refractivity contribution in [3.63, 3.8) is 0 Å². The smallest absolute Gasteiger partial charge is 0.416 e. The highest BCUT2D eigenvalue weighted by atomic mass is 19.4. The number of nitrogens with one attached hydrogen (secondary N) is 1. The Morgan fingerprint density at radius 1 is 0.933 bits per heavy atom. The standard InChI is InChI=1S/C23H17F3N2O2/c1-15(22(29)28-20-10-8-19(9-11-20)23(24,25)26)30-21-12-6-18(7-13-21)17-4-2-16(14-27)3-5-17/h2-13,15H,1H3,(H,28,29)/t15-/m1/s1. The van der Waals surface area contributed by atoms with Crippen molar-refractivity contribution >= 4 is 11.6 Å². The van der Waals surface area contributed by atoms with E-state index < -0.39 is 23.8 Å². The Labute approximate surface area is 171 Å². The first-order valence-corrected chi connectivity index (χ1v) is 9.01. The normalized spacial score (nSPS) is 12.0. The highest BCUT2D eigenvalue weighted by Crippen LogP contribution is 2.30. The van der Waals surface area contributed by atoms with Gasteiger partial charge in [0.15, 0.2) is 6.10 Å². The van der Waals surface area contributed by atoms with E-state index in [4.69, 9.17) is 10.00 Å². The molecule has 4 nitrogen and oxygen atoms in total. The fourth-order valence-corrected chi connectivity index (χ4v) is 2.71. The van der Waals surface area contributed by atoms with Crippen LogP contribution in [0.3, 0.4) is 0 Å². The predicted molar refractivity (Wildman–Crippen MR) is 107 cm³/mol. The molecule has 3 aromatic carbocycles. The molecule has 0 fully saturated rings. The van der Waals surface area contributed by atoms with Crippen LogP contribution in [0.25, 0.3) is 11.1 Å². The molecule has 1 amide bonds. The minimum Gasteiger partial charge on any atom is -0.481 e. The second kappa shape index (κ2) is 8.70. The van der Waals surface area contributed by atoms with Gasteiger partial charge in [-0.2, -0.15) is 18.4 Å².